The topological polar surface area (TPSA) is 60.9 Å². The van der Waals surface area contributed by atoms with Crippen molar-refractivity contribution in [2.24, 2.45) is 0 Å². The summed E-state index contributed by atoms with van der Waals surface area (Å²) in [4.78, 5) is 42.4. The minimum absolute atomic E-state index is 0.150. The molecule has 28 heavy (non-hydrogen) atoms. The van der Waals surface area contributed by atoms with E-state index in [1.54, 1.807) is 11.3 Å². The van der Waals surface area contributed by atoms with E-state index in [2.05, 4.69) is 18.2 Å². The Hall–Kier alpha value is -2.77. The second-order valence-electron chi connectivity index (χ2n) is 6.87. The summed E-state index contributed by atoms with van der Waals surface area (Å²) < 4.78 is 0. The lowest BCUT2D eigenvalue weighted by Crippen LogP contribution is -2.43. The summed E-state index contributed by atoms with van der Waals surface area (Å²) in [5.41, 5.74) is 2.47. The molecule has 2 aromatic rings. The van der Waals surface area contributed by atoms with Gasteiger partial charge < -0.3 is 0 Å². The van der Waals surface area contributed by atoms with E-state index in [1.807, 2.05) is 40.6 Å². The van der Waals surface area contributed by atoms with Gasteiger partial charge in [0.2, 0.25) is 0 Å². The Morgan fingerprint density at radius 2 is 1.71 bits per heavy atom. The molecule has 1 aromatic carbocycles. The van der Waals surface area contributed by atoms with Crippen molar-refractivity contribution in [1.82, 2.24) is 14.7 Å². The normalized spacial score (nSPS) is 18.1. The number of amides is 4. The molecule has 3 heterocycles. The number of hydrogen-bond donors (Lipinski definition) is 0. The highest BCUT2D eigenvalue weighted by Gasteiger charge is 2.44. The number of hydrogen-bond acceptors (Lipinski definition) is 5. The summed E-state index contributed by atoms with van der Waals surface area (Å²) in [6, 6.07) is 13.6. The van der Waals surface area contributed by atoms with Crippen LogP contribution in [0.15, 0.2) is 53.9 Å². The van der Waals surface area contributed by atoms with Crippen molar-refractivity contribution in [3.05, 3.63) is 64.4 Å². The number of nitrogens with zero attached hydrogens (tertiary/aromatic N) is 3. The van der Waals surface area contributed by atoms with Crippen LogP contribution in [0.1, 0.15) is 16.9 Å². The Bertz CT molecular complexity index is 908. The van der Waals surface area contributed by atoms with Crippen LogP contribution < -0.4 is 0 Å². The number of benzene rings is 1. The Kier molecular flexibility index (Phi) is 5.36. The molecular formula is C21H21N3O3S. The van der Waals surface area contributed by atoms with Gasteiger partial charge in [-0.2, -0.15) is 0 Å². The lowest BCUT2D eigenvalue weighted by Gasteiger charge is -2.29. The third kappa shape index (κ3) is 3.76. The molecule has 0 radical (unpaired) electrons. The van der Waals surface area contributed by atoms with Crippen LogP contribution >= 0.6 is 11.3 Å². The van der Waals surface area contributed by atoms with Gasteiger partial charge in [-0.05, 0) is 29.0 Å². The van der Waals surface area contributed by atoms with Crippen LogP contribution in [0.2, 0.25) is 0 Å². The fraction of sp³-hybridized carbons (Fsp3) is 0.286. The third-order valence-corrected chi connectivity index (χ3v) is 6.01. The van der Waals surface area contributed by atoms with E-state index in [0.29, 0.717) is 13.0 Å². The molecule has 0 saturated carbocycles. The van der Waals surface area contributed by atoms with Gasteiger partial charge >= 0.3 is 17.8 Å². The van der Waals surface area contributed by atoms with Crippen LogP contribution in [-0.4, -0.2) is 58.8 Å². The van der Waals surface area contributed by atoms with E-state index in [1.165, 1.54) is 11.1 Å². The molecule has 1 fully saturated rings. The van der Waals surface area contributed by atoms with E-state index in [-0.39, 0.29) is 13.2 Å². The average Bonchev–Trinajstić information content (AvgIpc) is 3.32. The predicted molar refractivity (Wildman–Crippen MR) is 107 cm³/mol. The maximum atomic E-state index is 12.6. The van der Waals surface area contributed by atoms with Crippen LogP contribution in [0.4, 0.5) is 4.79 Å². The molecule has 0 atom stereocenters. The molecule has 144 valence electrons. The van der Waals surface area contributed by atoms with Crippen LogP contribution in [-0.2, 0) is 16.0 Å². The number of carbonyl (C=O) groups excluding carboxylic acids is 3. The highest BCUT2D eigenvalue weighted by Crippen LogP contribution is 2.23. The molecule has 0 unspecified atom stereocenters. The minimum Gasteiger partial charge on any atom is -0.281 e. The number of thiophene rings is 1. The number of carbonyl (C=O) groups is 3. The van der Waals surface area contributed by atoms with Crippen LogP contribution in [0.5, 0.6) is 0 Å². The van der Waals surface area contributed by atoms with Gasteiger partial charge in [-0.25, -0.2) is 9.69 Å². The Labute approximate surface area is 167 Å². The molecule has 4 rings (SSSR count). The standard InChI is InChI=1S/C21H21N3O3S/c25-19-20(26)24(21(27)23(19)13-10-18-7-4-14-28-18)15-22-11-8-17(9-12-22)16-5-2-1-3-6-16/h1-8,14H,9-13,15H2. The van der Waals surface area contributed by atoms with Gasteiger partial charge in [0.15, 0.2) is 0 Å². The molecule has 1 saturated heterocycles. The molecule has 1 aromatic heterocycles. The number of imide groups is 2. The molecule has 0 spiro atoms. The molecule has 2 aliphatic rings. The van der Waals surface area contributed by atoms with Crippen molar-refractivity contribution in [1.29, 1.82) is 0 Å². The van der Waals surface area contributed by atoms with Crippen molar-refractivity contribution >= 4 is 34.8 Å². The quantitative estimate of drug-likeness (QED) is 0.557. The Morgan fingerprint density at radius 1 is 0.929 bits per heavy atom. The van der Waals surface area contributed by atoms with Crippen molar-refractivity contribution in [2.45, 2.75) is 12.8 Å². The van der Waals surface area contributed by atoms with Crippen molar-refractivity contribution in [3.63, 3.8) is 0 Å². The molecule has 0 bridgehead atoms. The highest BCUT2D eigenvalue weighted by atomic mass is 32.1. The first-order valence-electron chi connectivity index (χ1n) is 9.30. The summed E-state index contributed by atoms with van der Waals surface area (Å²) >= 11 is 1.57. The van der Waals surface area contributed by atoms with E-state index in [0.717, 1.165) is 27.6 Å². The van der Waals surface area contributed by atoms with Crippen molar-refractivity contribution in [2.75, 3.05) is 26.3 Å². The van der Waals surface area contributed by atoms with Gasteiger partial charge in [-0.3, -0.25) is 19.4 Å². The van der Waals surface area contributed by atoms with Crippen LogP contribution in [0.25, 0.3) is 5.57 Å². The van der Waals surface area contributed by atoms with E-state index >= 15 is 0 Å². The molecule has 0 aliphatic carbocycles. The van der Waals surface area contributed by atoms with Crippen LogP contribution in [0, 0.1) is 0 Å². The Morgan fingerprint density at radius 3 is 2.39 bits per heavy atom. The first-order valence-corrected chi connectivity index (χ1v) is 10.2. The van der Waals surface area contributed by atoms with Crippen molar-refractivity contribution in [3.8, 4) is 0 Å². The predicted octanol–water partition coefficient (Wildman–Crippen LogP) is 2.83. The van der Waals surface area contributed by atoms with Gasteiger partial charge in [0.05, 0.1) is 6.67 Å². The molecule has 0 N–H and O–H groups in total. The summed E-state index contributed by atoms with van der Waals surface area (Å²) in [5.74, 6) is -1.45. The minimum atomic E-state index is -0.728. The largest absolute Gasteiger partial charge is 0.335 e. The highest BCUT2D eigenvalue weighted by molar-refractivity contribution is 7.09. The maximum Gasteiger partial charge on any atom is 0.335 e. The lowest BCUT2D eigenvalue weighted by molar-refractivity contribution is -0.143. The number of rotatable bonds is 6. The molecular weight excluding hydrogens is 374 g/mol. The molecule has 7 heteroatoms. The first-order chi connectivity index (χ1) is 13.6. The number of urea groups is 1. The molecule has 6 nitrogen and oxygen atoms in total. The summed E-state index contributed by atoms with van der Waals surface area (Å²) in [6.45, 7) is 1.77. The van der Waals surface area contributed by atoms with Crippen molar-refractivity contribution < 1.29 is 14.4 Å². The second-order valence-corrected chi connectivity index (χ2v) is 7.90. The van der Waals surface area contributed by atoms with Gasteiger partial charge in [0.25, 0.3) is 0 Å². The monoisotopic (exact) mass is 395 g/mol. The van der Waals surface area contributed by atoms with E-state index in [9.17, 15) is 14.4 Å². The van der Waals surface area contributed by atoms with Gasteiger partial charge in [-0.1, -0.05) is 42.5 Å². The van der Waals surface area contributed by atoms with Gasteiger partial charge in [0, 0.05) is 30.9 Å². The first kappa shape index (κ1) is 18.6. The fourth-order valence-electron chi connectivity index (χ4n) is 3.50. The smallest absolute Gasteiger partial charge is 0.281 e. The van der Waals surface area contributed by atoms with Gasteiger partial charge in [-0.15, -0.1) is 11.3 Å². The summed E-state index contributed by atoms with van der Waals surface area (Å²) in [5, 5.41) is 1.95. The van der Waals surface area contributed by atoms with E-state index < -0.39 is 17.8 Å². The summed E-state index contributed by atoms with van der Waals surface area (Å²) in [7, 11) is 0. The zero-order valence-corrected chi connectivity index (χ0v) is 16.2. The fourth-order valence-corrected chi connectivity index (χ4v) is 4.20. The molecule has 2 aliphatic heterocycles. The van der Waals surface area contributed by atoms with Crippen LogP contribution in [0.3, 0.4) is 0 Å². The maximum absolute atomic E-state index is 12.6. The van der Waals surface area contributed by atoms with Gasteiger partial charge in [0.1, 0.15) is 0 Å². The van der Waals surface area contributed by atoms with E-state index in [4.69, 9.17) is 0 Å². The summed E-state index contributed by atoms with van der Waals surface area (Å²) in [6.07, 6.45) is 3.54. The third-order valence-electron chi connectivity index (χ3n) is 5.08. The zero-order valence-electron chi connectivity index (χ0n) is 15.4. The zero-order chi connectivity index (χ0) is 19.5. The Balaban J connectivity index is 1.37. The second kappa shape index (κ2) is 8.08. The SMILES string of the molecule is O=C1C(=O)N(CN2CC=C(c3ccccc3)CC2)C(=O)N1CCc1cccs1. The average molecular weight is 395 g/mol. The molecule has 4 amide bonds. The lowest BCUT2D eigenvalue weighted by atomic mass is 10.00.